The maximum absolute atomic E-state index is 12.3. The number of nitrogens with zero attached hydrogens (tertiary/aromatic N) is 1. The van der Waals surface area contributed by atoms with Crippen LogP contribution in [0.5, 0.6) is 11.5 Å². The van der Waals surface area contributed by atoms with Gasteiger partial charge in [0.05, 0.1) is 23.1 Å². The molecule has 24 heavy (non-hydrogen) atoms. The number of fused-ring (bicyclic) bond motifs is 1. The molecule has 0 saturated heterocycles. The van der Waals surface area contributed by atoms with E-state index in [2.05, 4.69) is 9.71 Å². The highest BCUT2D eigenvalue weighted by atomic mass is 32.2. The Balaban J connectivity index is 1.68. The van der Waals surface area contributed by atoms with Crippen LogP contribution in [0.25, 0.3) is 0 Å². The van der Waals surface area contributed by atoms with E-state index in [9.17, 15) is 13.2 Å². The number of ether oxygens (including phenoxy) is 2. The Morgan fingerprint density at radius 3 is 2.79 bits per heavy atom. The van der Waals surface area contributed by atoms with E-state index in [1.807, 2.05) is 5.38 Å². The summed E-state index contributed by atoms with van der Waals surface area (Å²) in [5.41, 5.74) is 0. The normalized spacial score (nSPS) is 14.0. The first kappa shape index (κ1) is 16.7. The summed E-state index contributed by atoms with van der Waals surface area (Å²) in [4.78, 5) is 15.9. The first-order valence-corrected chi connectivity index (χ1v) is 9.74. The highest BCUT2D eigenvalue weighted by Crippen LogP contribution is 2.31. The van der Waals surface area contributed by atoms with Gasteiger partial charge in [0.1, 0.15) is 0 Å². The quantitative estimate of drug-likeness (QED) is 0.864. The smallest absolute Gasteiger partial charge is 0.264 e. The largest absolute Gasteiger partial charge is 0.490 e. The van der Waals surface area contributed by atoms with Crippen LogP contribution in [-0.4, -0.2) is 32.5 Å². The molecule has 0 spiro atoms. The lowest BCUT2D eigenvalue weighted by atomic mass is 10.3. The molecular formula is C15H16N2O5S2. The van der Waals surface area contributed by atoms with Gasteiger partial charge in [0, 0.05) is 36.9 Å². The Morgan fingerprint density at radius 2 is 2.04 bits per heavy atom. The van der Waals surface area contributed by atoms with E-state index in [0.29, 0.717) is 31.1 Å². The van der Waals surface area contributed by atoms with Crippen LogP contribution in [0.3, 0.4) is 0 Å². The van der Waals surface area contributed by atoms with Crippen molar-refractivity contribution >= 4 is 27.3 Å². The van der Waals surface area contributed by atoms with Gasteiger partial charge < -0.3 is 9.47 Å². The number of rotatable bonds is 5. The van der Waals surface area contributed by atoms with E-state index >= 15 is 0 Å². The molecule has 1 aliphatic rings. The molecule has 0 atom stereocenters. The molecule has 1 aliphatic heterocycles. The van der Waals surface area contributed by atoms with Crippen molar-refractivity contribution in [1.29, 1.82) is 0 Å². The Kier molecular flexibility index (Phi) is 5.00. The Labute approximate surface area is 143 Å². The van der Waals surface area contributed by atoms with Gasteiger partial charge in [-0.2, -0.15) is 0 Å². The number of hydrogen-bond donors (Lipinski definition) is 1. The maximum atomic E-state index is 12.3. The van der Waals surface area contributed by atoms with Crippen molar-refractivity contribution in [3.8, 4) is 11.5 Å². The van der Waals surface area contributed by atoms with Crippen LogP contribution < -0.4 is 14.2 Å². The van der Waals surface area contributed by atoms with Crippen molar-refractivity contribution in [2.75, 3.05) is 13.2 Å². The lowest BCUT2D eigenvalue weighted by Gasteiger charge is -2.10. The summed E-state index contributed by atoms with van der Waals surface area (Å²) in [6, 6.07) is 4.30. The minimum atomic E-state index is -3.95. The van der Waals surface area contributed by atoms with Gasteiger partial charge in [0.15, 0.2) is 11.5 Å². The second-order valence-electron chi connectivity index (χ2n) is 5.11. The van der Waals surface area contributed by atoms with E-state index in [0.717, 1.165) is 11.4 Å². The highest BCUT2D eigenvalue weighted by molar-refractivity contribution is 7.90. The highest BCUT2D eigenvalue weighted by Gasteiger charge is 2.21. The molecule has 0 fully saturated rings. The molecule has 1 N–H and O–H groups in total. The monoisotopic (exact) mass is 368 g/mol. The fraction of sp³-hybridized carbons (Fsp3) is 0.333. The Morgan fingerprint density at radius 1 is 1.25 bits per heavy atom. The molecule has 0 radical (unpaired) electrons. The van der Waals surface area contributed by atoms with E-state index in [4.69, 9.17) is 9.47 Å². The predicted molar refractivity (Wildman–Crippen MR) is 87.8 cm³/mol. The third-order valence-corrected chi connectivity index (χ3v) is 5.54. The molecule has 1 aromatic carbocycles. The van der Waals surface area contributed by atoms with Gasteiger partial charge in [-0.1, -0.05) is 0 Å². The molecule has 1 amide bonds. The number of hydrogen-bond acceptors (Lipinski definition) is 7. The minimum Gasteiger partial charge on any atom is -0.490 e. The van der Waals surface area contributed by atoms with E-state index in [1.165, 1.54) is 29.5 Å². The van der Waals surface area contributed by atoms with Gasteiger partial charge in [-0.3, -0.25) is 4.79 Å². The number of thiazole rings is 1. The van der Waals surface area contributed by atoms with Crippen LogP contribution in [0.15, 0.2) is 34.7 Å². The summed E-state index contributed by atoms with van der Waals surface area (Å²) >= 11 is 1.43. The topological polar surface area (TPSA) is 94.6 Å². The van der Waals surface area contributed by atoms with Crippen molar-refractivity contribution in [2.24, 2.45) is 0 Å². The molecular weight excluding hydrogens is 352 g/mol. The molecule has 2 heterocycles. The maximum Gasteiger partial charge on any atom is 0.264 e. The van der Waals surface area contributed by atoms with Crippen molar-refractivity contribution in [1.82, 2.24) is 9.71 Å². The van der Waals surface area contributed by atoms with Gasteiger partial charge in [0.25, 0.3) is 10.0 Å². The molecule has 9 heteroatoms. The first-order chi connectivity index (χ1) is 11.5. The van der Waals surface area contributed by atoms with Crippen LogP contribution in [0, 0.1) is 0 Å². The average Bonchev–Trinajstić information content (AvgIpc) is 2.96. The second-order valence-corrected chi connectivity index (χ2v) is 7.78. The number of carbonyl (C=O) groups excluding carboxylic acids is 1. The molecule has 1 aromatic heterocycles. The number of carbonyl (C=O) groups is 1. The number of amides is 1. The lowest BCUT2D eigenvalue weighted by Crippen LogP contribution is -2.30. The third kappa shape index (κ3) is 4.04. The molecule has 0 bridgehead atoms. The van der Waals surface area contributed by atoms with E-state index in [-0.39, 0.29) is 11.3 Å². The van der Waals surface area contributed by atoms with Gasteiger partial charge in [0.2, 0.25) is 5.91 Å². The number of aryl methyl sites for hydroxylation is 1. The van der Waals surface area contributed by atoms with E-state index < -0.39 is 15.9 Å². The molecule has 3 rings (SSSR count). The summed E-state index contributed by atoms with van der Waals surface area (Å²) in [7, 11) is -3.95. The van der Waals surface area contributed by atoms with Crippen molar-refractivity contribution < 1.29 is 22.7 Å². The average molecular weight is 368 g/mol. The molecule has 0 unspecified atom stereocenters. The summed E-state index contributed by atoms with van der Waals surface area (Å²) in [6.07, 6.45) is 2.83. The molecule has 7 nitrogen and oxygen atoms in total. The molecule has 2 aromatic rings. The van der Waals surface area contributed by atoms with Crippen molar-refractivity contribution in [3.05, 3.63) is 34.8 Å². The van der Waals surface area contributed by atoms with Crippen LogP contribution in [0.2, 0.25) is 0 Å². The summed E-state index contributed by atoms with van der Waals surface area (Å²) < 4.78 is 37.7. The zero-order chi connectivity index (χ0) is 17.0. The van der Waals surface area contributed by atoms with Crippen LogP contribution in [0.1, 0.15) is 17.8 Å². The summed E-state index contributed by atoms with van der Waals surface area (Å²) in [6.45, 7) is 0.975. The summed E-state index contributed by atoms with van der Waals surface area (Å²) in [5, 5.41) is 2.60. The van der Waals surface area contributed by atoms with Crippen LogP contribution >= 0.6 is 11.3 Å². The zero-order valence-corrected chi connectivity index (χ0v) is 14.4. The number of sulfonamides is 1. The fourth-order valence-corrected chi connectivity index (χ4v) is 3.82. The lowest BCUT2D eigenvalue weighted by molar-refractivity contribution is -0.119. The van der Waals surface area contributed by atoms with Crippen molar-refractivity contribution in [2.45, 2.75) is 24.2 Å². The predicted octanol–water partition coefficient (Wildman–Crippen LogP) is 1.74. The van der Waals surface area contributed by atoms with Gasteiger partial charge in [-0.25, -0.2) is 18.1 Å². The third-order valence-electron chi connectivity index (χ3n) is 3.33. The summed E-state index contributed by atoms with van der Waals surface area (Å²) in [5.74, 6) is 0.296. The minimum absolute atomic E-state index is 0.0330. The number of nitrogens with one attached hydrogen (secondary N) is 1. The SMILES string of the molecule is O=C(CCc1nccs1)NS(=O)(=O)c1ccc2c(c1)OCCCO2. The molecule has 0 saturated carbocycles. The van der Waals surface area contributed by atoms with Crippen LogP contribution in [0.4, 0.5) is 0 Å². The first-order valence-electron chi connectivity index (χ1n) is 7.38. The standard InChI is InChI=1S/C15H16N2O5S2/c18-14(4-5-15-16-6-9-23-15)17-24(19,20)11-2-3-12-13(10-11)22-8-1-7-21-12/h2-3,6,9-10H,1,4-5,7-8H2,(H,17,18). The Bertz CT molecular complexity index is 818. The number of benzene rings is 1. The van der Waals surface area contributed by atoms with E-state index in [1.54, 1.807) is 6.20 Å². The van der Waals surface area contributed by atoms with Gasteiger partial charge >= 0.3 is 0 Å². The van der Waals surface area contributed by atoms with Crippen LogP contribution in [-0.2, 0) is 21.2 Å². The van der Waals surface area contributed by atoms with Gasteiger partial charge in [-0.05, 0) is 12.1 Å². The second kappa shape index (κ2) is 7.18. The fourth-order valence-electron chi connectivity index (χ4n) is 2.17. The molecule has 128 valence electrons. The van der Waals surface area contributed by atoms with Crippen molar-refractivity contribution in [3.63, 3.8) is 0 Å². The molecule has 0 aliphatic carbocycles. The zero-order valence-electron chi connectivity index (χ0n) is 12.7. The number of aromatic nitrogens is 1. The van der Waals surface area contributed by atoms with Gasteiger partial charge in [-0.15, -0.1) is 11.3 Å². The Hall–Kier alpha value is -2.13.